The molecule has 12 heteroatoms. The molecule has 0 bridgehead atoms. The van der Waals surface area contributed by atoms with Gasteiger partial charge in [0.15, 0.2) is 5.78 Å². The van der Waals surface area contributed by atoms with Gasteiger partial charge >= 0.3 is 12.2 Å². The Balaban J connectivity index is 1.57. The predicted molar refractivity (Wildman–Crippen MR) is 135 cm³/mol. The largest absolute Gasteiger partial charge is 0.433 e. The molecule has 36 heavy (non-hydrogen) atoms. The molecule has 2 aromatic heterocycles. The van der Waals surface area contributed by atoms with Crippen molar-refractivity contribution in [1.29, 1.82) is 0 Å². The summed E-state index contributed by atoms with van der Waals surface area (Å²) in [5.41, 5.74) is 6.26. The lowest BCUT2D eigenvalue weighted by atomic mass is 10.0. The highest BCUT2D eigenvalue weighted by atomic mass is 32.2. The van der Waals surface area contributed by atoms with Gasteiger partial charge in [-0.3, -0.25) is 15.0 Å². The number of ketones is 1. The third-order valence-corrected chi connectivity index (χ3v) is 7.95. The Morgan fingerprint density at radius 3 is 2.75 bits per heavy atom. The summed E-state index contributed by atoms with van der Waals surface area (Å²) in [5, 5.41) is 13.4. The number of rotatable bonds is 4. The first-order chi connectivity index (χ1) is 17.0. The van der Waals surface area contributed by atoms with Gasteiger partial charge in [-0.2, -0.15) is 13.2 Å². The van der Waals surface area contributed by atoms with Crippen molar-refractivity contribution in [2.45, 2.75) is 36.9 Å². The Morgan fingerprint density at radius 1 is 1.25 bits per heavy atom. The van der Waals surface area contributed by atoms with Crippen molar-refractivity contribution in [2.24, 2.45) is 5.73 Å². The van der Waals surface area contributed by atoms with Crippen LogP contribution < -0.4 is 11.1 Å². The Morgan fingerprint density at radius 2 is 2.03 bits per heavy atom. The number of aliphatic hydroxyl groups excluding tert-OH is 1. The van der Waals surface area contributed by atoms with E-state index < -0.39 is 24.0 Å². The summed E-state index contributed by atoms with van der Waals surface area (Å²) < 4.78 is 39.4. The number of fused-ring (bicyclic) bond motifs is 2. The molecular weight excluding hydrogens is 513 g/mol. The van der Waals surface area contributed by atoms with Crippen molar-refractivity contribution in [3.05, 3.63) is 52.7 Å². The Kier molecular flexibility index (Phi) is 7.88. The fourth-order valence-electron chi connectivity index (χ4n) is 4.17. The molecular formula is C24H25F3N4O3S2. The number of thiophene rings is 1. The molecule has 0 fully saturated rings. The molecule has 2 amide bonds. The van der Waals surface area contributed by atoms with E-state index in [9.17, 15) is 27.9 Å². The number of Topliss-reactive ketones (excluding diaryl/α,β-unsaturated/α-hetero) is 1. The van der Waals surface area contributed by atoms with Crippen LogP contribution in [0.1, 0.15) is 46.1 Å². The zero-order valence-corrected chi connectivity index (χ0v) is 21.0. The summed E-state index contributed by atoms with van der Waals surface area (Å²) in [6.45, 7) is 3.13. The minimum Gasteiger partial charge on any atom is -0.388 e. The highest BCUT2D eigenvalue weighted by Gasteiger charge is 2.33. The molecule has 1 aromatic carbocycles. The summed E-state index contributed by atoms with van der Waals surface area (Å²) in [6.07, 6.45) is -4.06. The van der Waals surface area contributed by atoms with Gasteiger partial charge in [0.1, 0.15) is 15.5 Å². The maximum absolute atomic E-state index is 13.4. The van der Waals surface area contributed by atoms with Crippen LogP contribution in [0.4, 0.5) is 23.0 Å². The van der Waals surface area contributed by atoms with Crippen LogP contribution in [0.3, 0.4) is 0 Å². The monoisotopic (exact) mass is 538 g/mol. The van der Waals surface area contributed by atoms with Crippen molar-refractivity contribution in [1.82, 2.24) is 9.88 Å². The molecule has 0 spiro atoms. The number of benzene rings is 1. The quantitative estimate of drug-likeness (QED) is 0.393. The SMILES string of the molecule is Cc1ccc2c(c1)C(O)CCCN(CC(=O)c1c(NC(N)=O)sc3nc(C(F)(F)F)ccc13)CCS2. The van der Waals surface area contributed by atoms with Gasteiger partial charge in [-0.1, -0.05) is 29.0 Å². The minimum atomic E-state index is -4.64. The first kappa shape index (κ1) is 26.4. The van der Waals surface area contributed by atoms with E-state index >= 15 is 0 Å². The number of primary amides is 1. The normalized spacial score (nSPS) is 17.5. The van der Waals surface area contributed by atoms with E-state index in [0.29, 0.717) is 31.7 Å². The first-order valence-corrected chi connectivity index (χ1v) is 13.1. The molecule has 1 aliphatic rings. The number of amides is 2. The van der Waals surface area contributed by atoms with Gasteiger partial charge < -0.3 is 10.8 Å². The fraction of sp³-hybridized carbons (Fsp3) is 0.375. The predicted octanol–water partition coefficient (Wildman–Crippen LogP) is 5.22. The van der Waals surface area contributed by atoms with E-state index in [4.69, 9.17) is 5.73 Å². The lowest BCUT2D eigenvalue weighted by Crippen LogP contribution is -2.33. The molecule has 3 aromatic rings. The summed E-state index contributed by atoms with van der Waals surface area (Å²) in [4.78, 5) is 31.5. The Labute approximate surface area is 213 Å². The minimum absolute atomic E-state index is 0.00227. The van der Waals surface area contributed by atoms with E-state index in [1.54, 1.807) is 11.8 Å². The van der Waals surface area contributed by atoms with Gasteiger partial charge in [0.25, 0.3) is 0 Å². The zero-order valence-electron chi connectivity index (χ0n) is 19.4. The molecule has 1 unspecified atom stereocenters. The second-order valence-electron chi connectivity index (χ2n) is 8.59. The molecule has 0 saturated heterocycles. The highest BCUT2D eigenvalue weighted by molar-refractivity contribution is 7.99. The number of halogens is 3. The van der Waals surface area contributed by atoms with Gasteiger partial charge in [0.05, 0.1) is 18.2 Å². The first-order valence-electron chi connectivity index (χ1n) is 11.3. The summed E-state index contributed by atoms with van der Waals surface area (Å²) in [7, 11) is 0. The number of aromatic nitrogens is 1. The number of hydrogen-bond donors (Lipinski definition) is 3. The number of alkyl halides is 3. The van der Waals surface area contributed by atoms with Crippen LogP contribution in [-0.2, 0) is 6.18 Å². The average Bonchev–Trinajstić information content (AvgIpc) is 3.15. The van der Waals surface area contributed by atoms with Crippen molar-refractivity contribution in [3.63, 3.8) is 0 Å². The number of nitrogens with two attached hydrogens (primary N) is 1. The number of pyridine rings is 1. The van der Waals surface area contributed by atoms with Crippen LogP contribution in [0.15, 0.2) is 35.2 Å². The second kappa shape index (κ2) is 10.8. The molecule has 3 heterocycles. The van der Waals surface area contributed by atoms with E-state index in [1.165, 1.54) is 6.07 Å². The molecule has 0 aliphatic carbocycles. The zero-order chi connectivity index (χ0) is 26.0. The van der Waals surface area contributed by atoms with Gasteiger partial charge in [-0.15, -0.1) is 11.8 Å². The number of nitrogens with zero attached hydrogens (tertiary/aromatic N) is 2. The number of aryl methyl sites for hydroxylation is 1. The smallest absolute Gasteiger partial charge is 0.388 e. The van der Waals surface area contributed by atoms with Crippen molar-refractivity contribution < 1.29 is 27.9 Å². The van der Waals surface area contributed by atoms with Gasteiger partial charge in [0, 0.05) is 22.6 Å². The molecule has 0 radical (unpaired) electrons. The summed E-state index contributed by atoms with van der Waals surface area (Å²) >= 11 is 2.38. The molecule has 0 saturated carbocycles. The molecule has 7 nitrogen and oxygen atoms in total. The van der Waals surface area contributed by atoms with E-state index in [0.717, 1.165) is 33.4 Å². The number of urea groups is 1. The summed E-state index contributed by atoms with van der Waals surface area (Å²) in [6, 6.07) is 7.10. The lowest BCUT2D eigenvalue weighted by Gasteiger charge is -2.25. The highest BCUT2D eigenvalue weighted by Crippen LogP contribution is 2.38. The number of thioether (sulfide) groups is 1. The number of nitrogens with one attached hydrogen (secondary N) is 1. The Bertz CT molecular complexity index is 1300. The van der Waals surface area contributed by atoms with Crippen molar-refractivity contribution in [2.75, 3.05) is 30.7 Å². The Hall–Kier alpha value is -2.67. The van der Waals surface area contributed by atoms with Crippen LogP contribution in [-0.4, -0.2) is 52.2 Å². The second-order valence-corrected chi connectivity index (χ2v) is 10.7. The average molecular weight is 539 g/mol. The van der Waals surface area contributed by atoms with Gasteiger partial charge in [0.2, 0.25) is 0 Å². The van der Waals surface area contributed by atoms with Crippen LogP contribution in [0.25, 0.3) is 10.2 Å². The fourth-order valence-corrected chi connectivity index (χ4v) is 6.36. The maximum Gasteiger partial charge on any atom is 0.433 e. The van der Waals surface area contributed by atoms with Crippen molar-refractivity contribution >= 4 is 50.1 Å². The summed E-state index contributed by atoms with van der Waals surface area (Å²) in [5.74, 6) is 0.328. The third kappa shape index (κ3) is 6.00. The van der Waals surface area contributed by atoms with Crippen LogP contribution >= 0.6 is 23.1 Å². The van der Waals surface area contributed by atoms with Gasteiger partial charge in [-0.25, -0.2) is 9.78 Å². The lowest BCUT2D eigenvalue weighted by molar-refractivity contribution is -0.140. The van der Waals surface area contributed by atoms with Gasteiger partial charge in [-0.05, 0) is 50.1 Å². The van der Waals surface area contributed by atoms with Crippen LogP contribution in [0, 0.1) is 6.92 Å². The molecule has 4 rings (SSSR count). The number of hydrogen-bond acceptors (Lipinski definition) is 7. The maximum atomic E-state index is 13.4. The standard InChI is InChI=1S/C24H25F3N4O3S2/c1-13-4-6-18-15(11-13)16(32)3-2-8-31(9-10-35-18)12-17(33)20-14-5-7-19(24(25,26)27)29-21(14)36-22(20)30-23(28)34/h4-7,11,16,32H,2-3,8-10,12H2,1H3,(H3,28,30,34). The van der Waals surface area contributed by atoms with Crippen LogP contribution in [0.2, 0.25) is 0 Å². The number of aliphatic hydroxyl groups is 1. The molecule has 4 N–H and O–H groups in total. The molecule has 192 valence electrons. The number of carbonyl (C=O) groups excluding carboxylic acids is 2. The third-order valence-electron chi connectivity index (χ3n) is 5.87. The van der Waals surface area contributed by atoms with Crippen molar-refractivity contribution in [3.8, 4) is 0 Å². The number of carbonyl (C=O) groups is 2. The molecule has 1 atom stereocenters. The van der Waals surface area contributed by atoms with E-state index in [1.807, 2.05) is 30.0 Å². The topological polar surface area (TPSA) is 109 Å². The van der Waals surface area contributed by atoms with E-state index in [-0.39, 0.29) is 33.1 Å². The van der Waals surface area contributed by atoms with E-state index in [2.05, 4.69) is 10.3 Å². The molecule has 1 aliphatic heterocycles. The number of anilines is 1. The van der Waals surface area contributed by atoms with Crippen LogP contribution in [0.5, 0.6) is 0 Å².